The van der Waals surface area contributed by atoms with Crippen LogP contribution in [0.15, 0.2) is 73.1 Å². The van der Waals surface area contributed by atoms with Gasteiger partial charge in [0.25, 0.3) is 5.91 Å². The molecule has 0 saturated carbocycles. The highest BCUT2D eigenvalue weighted by atomic mass is 16.5. The molecule has 4 N–H and O–H groups in total. The molecule has 7 heteroatoms. The van der Waals surface area contributed by atoms with Crippen molar-refractivity contribution in [2.24, 2.45) is 5.73 Å². The fourth-order valence-electron chi connectivity index (χ4n) is 2.35. The Hall–Kier alpha value is -3.87. The second kappa shape index (κ2) is 8.48. The molecule has 0 spiro atoms. The molecule has 7 nitrogen and oxygen atoms in total. The summed E-state index contributed by atoms with van der Waals surface area (Å²) in [5, 5.41) is 5.31. The molecule has 136 valence electrons. The van der Waals surface area contributed by atoms with E-state index in [4.69, 9.17) is 10.5 Å². The molecule has 0 aliphatic carbocycles. The number of aromatic nitrogens is 1. The number of amides is 3. The van der Waals surface area contributed by atoms with Gasteiger partial charge in [-0.2, -0.15) is 0 Å². The number of primary amides is 1. The molecule has 1 aromatic heterocycles. The second-order valence-corrected chi connectivity index (χ2v) is 5.66. The summed E-state index contributed by atoms with van der Waals surface area (Å²) in [5.74, 6) is 0.706. The van der Waals surface area contributed by atoms with E-state index in [1.807, 2.05) is 18.2 Å². The molecule has 0 atom stereocenters. The summed E-state index contributed by atoms with van der Waals surface area (Å²) in [6, 6.07) is 17.3. The lowest BCUT2D eigenvalue weighted by atomic mass is 10.2. The molecule has 1 heterocycles. The van der Waals surface area contributed by atoms with Gasteiger partial charge in [0.1, 0.15) is 17.1 Å². The van der Waals surface area contributed by atoms with Gasteiger partial charge in [-0.3, -0.25) is 9.78 Å². The lowest BCUT2D eigenvalue weighted by molar-refractivity contribution is 0.102. The number of nitrogens with one attached hydrogen (secondary N) is 2. The summed E-state index contributed by atoms with van der Waals surface area (Å²) >= 11 is 0. The zero-order chi connectivity index (χ0) is 19.1. The average Bonchev–Trinajstić information content (AvgIpc) is 2.68. The van der Waals surface area contributed by atoms with Crippen LogP contribution in [0, 0.1) is 0 Å². The minimum Gasteiger partial charge on any atom is -0.456 e. The van der Waals surface area contributed by atoms with E-state index >= 15 is 0 Å². The van der Waals surface area contributed by atoms with Crippen molar-refractivity contribution in [3.8, 4) is 11.5 Å². The first-order valence-corrected chi connectivity index (χ1v) is 8.22. The van der Waals surface area contributed by atoms with Gasteiger partial charge in [-0.25, -0.2) is 4.79 Å². The quantitative estimate of drug-likeness (QED) is 0.625. The highest BCUT2D eigenvalue weighted by molar-refractivity contribution is 6.06. The smallest absolute Gasteiger partial charge is 0.312 e. The van der Waals surface area contributed by atoms with Crippen LogP contribution in [-0.2, 0) is 6.54 Å². The highest BCUT2D eigenvalue weighted by Crippen LogP contribution is 2.25. The number of anilines is 1. The number of carbonyl (C=O) groups excluding carboxylic acids is 2. The van der Waals surface area contributed by atoms with Gasteiger partial charge >= 0.3 is 6.03 Å². The molecule has 0 unspecified atom stereocenters. The Bertz CT molecular complexity index is 927. The molecule has 27 heavy (non-hydrogen) atoms. The van der Waals surface area contributed by atoms with Crippen LogP contribution in [0.2, 0.25) is 0 Å². The molecule has 0 saturated heterocycles. The lowest BCUT2D eigenvalue weighted by Gasteiger charge is -2.11. The average molecular weight is 362 g/mol. The van der Waals surface area contributed by atoms with E-state index in [-0.39, 0.29) is 5.91 Å². The van der Waals surface area contributed by atoms with Crippen LogP contribution in [0.3, 0.4) is 0 Å². The zero-order valence-corrected chi connectivity index (χ0v) is 14.4. The fourth-order valence-corrected chi connectivity index (χ4v) is 2.35. The zero-order valence-electron chi connectivity index (χ0n) is 14.4. The van der Waals surface area contributed by atoms with E-state index in [0.29, 0.717) is 29.3 Å². The number of carbonyl (C=O) groups is 2. The van der Waals surface area contributed by atoms with Crippen molar-refractivity contribution >= 4 is 17.6 Å². The summed E-state index contributed by atoms with van der Waals surface area (Å²) in [4.78, 5) is 27.4. The number of urea groups is 1. The Morgan fingerprint density at radius 1 is 1.00 bits per heavy atom. The van der Waals surface area contributed by atoms with Gasteiger partial charge in [-0.15, -0.1) is 0 Å². The normalized spacial score (nSPS) is 10.1. The van der Waals surface area contributed by atoms with Crippen LogP contribution in [0.4, 0.5) is 10.5 Å². The molecule has 0 aliphatic heterocycles. The predicted molar refractivity (Wildman–Crippen MR) is 102 cm³/mol. The molecular weight excluding hydrogens is 344 g/mol. The van der Waals surface area contributed by atoms with Crippen LogP contribution in [0.25, 0.3) is 0 Å². The SMILES string of the molecule is NC(=O)NCc1ccc(NC(=O)c2cnccc2Oc2ccccc2)cc1. The lowest BCUT2D eigenvalue weighted by Crippen LogP contribution is -2.28. The number of pyridine rings is 1. The van der Waals surface area contributed by atoms with Crippen LogP contribution >= 0.6 is 0 Å². The van der Waals surface area contributed by atoms with Gasteiger partial charge in [-0.1, -0.05) is 30.3 Å². The van der Waals surface area contributed by atoms with E-state index in [9.17, 15) is 9.59 Å². The Balaban J connectivity index is 1.70. The standard InChI is InChI=1S/C20H18N4O3/c21-20(26)23-12-14-6-8-15(9-7-14)24-19(25)17-13-22-11-10-18(17)27-16-4-2-1-3-5-16/h1-11,13H,12H2,(H,24,25)(H3,21,23,26). The number of nitrogens with two attached hydrogens (primary N) is 1. The maximum atomic E-state index is 12.6. The maximum Gasteiger partial charge on any atom is 0.312 e. The molecule has 0 aliphatic rings. The second-order valence-electron chi connectivity index (χ2n) is 5.66. The van der Waals surface area contributed by atoms with E-state index in [1.165, 1.54) is 6.20 Å². The first kappa shape index (κ1) is 17.9. The molecule has 0 radical (unpaired) electrons. The maximum absolute atomic E-state index is 12.6. The Morgan fingerprint density at radius 3 is 2.44 bits per heavy atom. The summed E-state index contributed by atoms with van der Waals surface area (Å²) < 4.78 is 5.79. The summed E-state index contributed by atoms with van der Waals surface area (Å²) in [5.41, 5.74) is 6.84. The Labute approximate surface area is 156 Å². The number of para-hydroxylation sites is 1. The molecule has 0 bridgehead atoms. The van der Waals surface area contributed by atoms with Gasteiger partial charge in [0.15, 0.2) is 0 Å². The van der Waals surface area contributed by atoms with Crippen LogP contribution in [-0.4, -0.2) is 16.9 Å². The fraction of sp³-hybridized carbons (Fsp3) is 0.0500. The molecule has 2 aromatic carbocycles. The van der Waals surface area contributed by atoms with E-state index < -0.39 is 6.03 Å². The van der Waals surface area contributed by atoms with Gasteiger partial charge in [-0.05, 0) is 35.9 Å². The van der Waals surface area contributed by atoms with Gasteiger partial charge < -0.3 is 21.1 Å². The first-order chi connectivity index (χ1) is 13.1. The van der Waals surface area contributed by atoms with Crippen LogP contribution in [0.1, 0.15) is 15.9 Å². The molecular formula is C20H18N4O3. The summed E-state index contributed by atoms with van der Waals surface area (Å²) in [7, 11) is 0. The van der Waals surface area contributed by atoms with E-state index in [0.717, 1.165) is 5.56 Å². The first-order valence-electron chi connectivity index (χ1n) is 8.22. The van der Waals surface area contributed by atoms with Crippen molar-refractivity contribution in [2.45, 2.75) is 6.54 Å². The minimum atomic E-state index is -0.588. The molecule has 0 fully saturated rings. The van der Waals surface area contributed by atoms with Crippen molar-refractivity contribution in [1.29, 1.82) is 0 Å². The molecule has 3 rings (SSSR count). The van der Waals surface area contributed by atoms with Gasteiger partial charge in [0.2, 0.25) is 0 Å². The monoisotopic (exact) mass is 362 g/mol. The van der Waals surface area contributed by atoms with Gasteiger partial charge in [0.05, 0.1) is 0 Å². The summed E-state index contributed by atoms with van der Waals surface area (Å²) in [6.45, 7) is 0.321. The van der Waals surface area contributed by atoms with Crippen molar-refractivity contribution < 1.29 is 14.3 Å². The number of hydrogen-bond donors (Lipinski definition) is 3. The third kappa shape index (κ3) is 5.05. The largest absolute Gasteiger partial charge is 0.456 e. The topological polar surface area (TPSA) is 106 Å². The van der Waals surface area contributed by atoms with E-state index in [1.54, 1.807) is 48.7 Å². The number of benzene rings is 2. The predicted octanol–water partition coefficient (Wildman–Crippen LogP) is 3.29. The van der Waals surface area contributed by atoms with E-state index in [2.05, 4.69) is 15.6 Å². The highest BCUT2D eigenvalue weighted by Gasteiger charge is 2.14. The van der Waals surface area contributed by atoms with Crippen molar-refractivity contribution in [1.82, 2.24) is 10.3 Å². The number of hydrogen-bond acceptors (Lipinski definition) is 4. The third-order valence-electron chi connectivity index (χ3n) is 3.68. The molecule has 3 aromatic rings. The third-order valence-corrected chi connectivity index (χ3v) is 3.68. The van der Waals surface area contributed by atoms with Gasteiger partial charge in [0, 0.05) is 24.6 Å². The van der Waals surface area contributed by atoms with Crippen LogP contribution < -0.4 is 21.1 Å². The van der Waals surface area contributed by atoms with Crippen LogP contribution in [0.5, 0.6) is 11.5 Å². The minimum absolute atomic E-state index is 0.320. The number of nitrogens with zero attached hydrogens (tertiary/aromatic N) is 1. The van der Waals surface area contributed by atoms with Crippen molar-refractivity contribution in [2.75, 3.05) is 5.32 Å². The van der Waals surface area contributed by atoms with Crippen molar-refractivity contribution in [3.05, 3.63) is 84.2 Å². The number of ether oxygens (including phenoxy) is 1. The Kier molecular flexibility index (Phi) is 5.64. The number of rotatable bonds is 6. The Morgan fingerprint density at radius 2 is 1.74 bits per heavy atom. The summed E-state index contributed by atoms with van der Waals surface area (Å²) in [6.07, 6.45) is 3.02. The molecule has 3 amide bonds. The van der Waals surface area contributed by atoms with Crippen molar-refractivity contribution in [3.63, 3.8) is 0 Å².